The number of nitrogens with one attached hydrogen (secondary N) is 2. The summed E-state index contributed by atoms with van der Waals surface area (Å²) in [6, 6.07) is 7.94. The van der Waals surface area contributed by atoms with Crippen LogP contribution in [0.3, 0.4) is 0 Å². The molecule has 2 N–H and O–H groups in total. The number of rotatable bonds is 6. The maximum Gasteiger partial charge on any atom is 0.246 e. The third-order valence-corrected chi connectivity index (χ3v) is 5.22. The molecule has 142 valence electrons. The molecule has 0 bridgehead atoms. The van der Waals surface area contributed by atoms with E-state index in [1.165, 1.54) is 0 Å². The van der Waals surface area contributed by atoms with Crippen LogP contribution in [0.2, 0.25) is 0 Å². The van der Waals surface area contributed by atoms with Crippen molar-refractivity contribution in [2.24, 2.45) is 5.92 Å². The predicted octanol–water partition coefficient (Wildman–Crippen LogP) is 2.40. The van der Waals surface area contributed by atoms with Crippen molar-refractivity contribution in [3.63, 3.8) is 0 Å². The summed E-state index contributed by atoms with van der Waals surface area (Å²) in [5.74, 6) is 0.927. The summed E-state index contributed by atoms with van der Waals surface area (Å²) in [5.41, 5.74) is 0.168. The Kier molecular flexibility index (Phi) is 5.39. The summed E-state index contributed by atoms with van der Waals surface area (Å²) in [5, 5.41) is 6.60. The Morgan fingerprint density at radius 3 is 2.50 bits per heavy atom. The van der Waals surface area contributed by atoms with E-state index in [0.29, 0.717) is 32.0 Å². The normalized spacial score (nSPS) is 19.2. The zero-order valence-electron chi connectivity index (χ0n) is 15.9. The Morgan fingerprint density at radius 1 is 1.23 bits per heavy atom. The zero-order chi connectivity index (χ0) is 18.7. The van der Waals surface area contributed by atoms with Gasteiger partial charge in [-0.3, -0.25) is 9.59 Å². The first-order valence-corrected chi connectivity index (χ1v) is 9.45. The Bertz CT molecular complexity index is 662. The highest BCUT2D eigenvalue weighted by molar-refractivity contribution is 5.90. The van der Waals surface area contributed by atoms with Gasteiger partial charge in [-0.05, 0) is 37.8 Å². The summed E-state index contributed by atoms with van der Waals surface area (Å²) in [6.07, 6.45) is 3.31. The number of likely N-dealkylation sites (tertiary alicyclic amines) is 1. The number of carbonyl (C=O) groups excluding carboxylic acids is 2. The first-order chi connectivity index (χ1) is 12.4. The second-order valence-electron chi connectivity index (χ2n) is 7.67. The lowest BCUT2D eigenvalue weighted by atomic mass is 9.85. The van der Waals surface area contributed by atoms with E-state index in [0.717, 1.165) is 24.3 Å². The molecule has 0 aromatic heterocycles. The van der Waals surface area contributed by atoms with Gasteiger partial charge in [-0.25, -0.2) is 0 Å². The van der Waals surface area contributed by atoms with Gasteiger partial charge in [0.1, 0.15) is 11.3 Å². The Balaban J connectivity index is 1.77. The van der Waals surface area contributed by atoms with Gasteiger partial charge in [0, 0.05) is 36.8 Å². The highest BCUT2D eigenvalue weighted by Crippen LogP contribution is 2.31. The SMILES string of the molecule is COc1cccc(NC2(C(=O)NC3CC3)CCN(C(=O)C(C)C)CC2)c1. The molecule has 2 amide bonds. The van der Waals surface area contributed by atoms with E-state index in [9.17, 15) is 9.59 Å². The number of ether oxygens (including phenoxy) is 1. The molecule has 0 radical (unpaired) electrons. The average Bonchev–Trinajstić information content (AvgIpc) is 3.45. The molecule has 0 atom stereocenters. The van der Waals surface area contributed by atoms with E-state index < -0.39 is 5.54 Å². The highest BCUT2D eigenvalue weighted by Gasteiger charge is 2.44. The lowest BCUT2D eigenvalue weighted by Crippen LogP contribution is -2.59. The van der Waals surface area contributed by atoms with Crippen LogP contribution in [-0.4, -0.2) is 48.5 Å². The Hall–Kier alpha value is -2.24. The second kappa shape index (κ2) is 7.56. The molecule has 2 fully saturated rings. The molecule has 2 aliphatic rings. The van der Waals surface area contributed by atoms with Crippen molar-refractivity contribution < 1.29 is 14.3 Å². The van der Waals surface area contributed by atoms with Crippen molar-refractivity contribution in [1.29, 1.82) is 0 Å². The van der Waals surface area contributed by atoms with Crippen LogP contribution in [0, 0.1) is 5.92 Å². The van der Waals surface area contributed by atoms with E-state index in [-0.39, 0.29) is 17.7 Å². The van der Waals surface area contributed by atoms with Gasteiger partial charge >= 0.3 is 0 Å². The minimum Gasteiger partial charge on any atom is -0.497 e. The fourth-order valence-electron chi connectivity index (χ4n) is 3.41. The van der Waals surface area contributed by atoms with Crippen LogP contribution < -0.4 is 15.4 Å². The summed E-state index contributed by atoms with van der Waals surface area (Å²) < 4.78 is 5.29. The quantitative estimate of drug-likeness (QED) is 0.818. The zero-order valence-corrected chi connectivity index (χ0v) is 15.9. The van der Waals surface area contributed by atoms with Gasteiger partial charge in [0.15, 0.2) is 0 Å². The number of amides is 2. The third-order valence-electron chi connectivity index (χ3n) is 5.22. The van der Waals surface area contributed by atoms with Gasteiger partial charge in [-0.2, -0.15) is 0 Å². The van der Waals surface area contributed by atoms with Gasteiger partial charge in [0.25, 0.3) is 0 Å². The maximum atomic E-state index is 13.0. The molecule has 26 heavy (non-hydrogen) atoms. The summed E-state index contributed by atoms with van der Waals surface area (Å²) in [4.78, 5) is 27.2. The molecule has 3 rings (SSSR count). The number of methoxy groups -OCH3 is 1. The lowest BCUT2D eigenvalue weighted by Gasteiger charge is -2.42. The summed E-state index contributed by atoms with van der Waals surface area (Å²) in [6.45, 7) is 5.01. The maximum absolute atomic E-state index is 13.0. The molecule has 1 aromatic carbocycles. The van der Waals surface area contributed by atoms with E-state index in [1.807, 2.05) is 43.0 Å². The number of carbonyl (C=O) groups is 2. The van der Waals surface area contributed by atoms with Crippen molar-refractivity contribution in [2.75, 3.05) is 25.5 Å². The van der Waals surface area contributed by atoms with Crippen LogP contribution in [0.15, 0.2) is 24.3 Å². The molecule has 1 saturated heterocycles. The number of piperidine rings is 1. The topological polar surface area (TPSA) is 70.7 Å². The van der Waals surface area contributed by atoms with Crippen molar-refractivity contribution in [3.8, 4) is 5.75 Å². The predicted molar refractivity (Wildman–Crippen MR) is 101 cm³/mol. The van der Waals surface area contributed by atoms with Gasteiger partial charge in [-0.1, -0.05) is 19.9 Å². The minimum atomic E-state index is -0.692. The third kappa shape index (κ3) is 4.11. The molecule has 0 spiro atoms. The molecule has 6 nitrogen and oxygen atoms in total. The molecule has 1 aliphatic heterocycles. The van der Waals surface area contributed by atoms with E-state index in [1.54, 1.807) is 7.11 Å². The molecular formula is C20H29N3O3. The van der Waals surface area contributed by atoms with Crippen molar-refractivity contribution >= 4 is 17.5 Å². The van der Waals surface area contributed by atoms with Gasteiger partial charge in [0.05, 0.1) is 7.11 Å². The second-order valence-corrected chi connectivity index (χ2v) is 7.67. The van der Waals surface area contributed by atoms with E-state index >= 15 is 0 Å². The Morgan fingerprint density at radius 2 is 1.92 bits per heavy atom. The molecular weight excluding hydrogens is 330 g/mol. The number of benzene rings is 1. The van der Waals surface area contributed by atoms with Crippen LogP contribution in [0.25, 0.3) is 0 Å². The highest BCUT2D eigenvalue weighted by atomic mass is 16.5. The monoisotopic (exact) mass is 359 g/mol. The molecule has 1 aliphatic carbocycles. The number of anilines is 1. The number of hydrogen-bond acceptors (Lipinski definition) is 4. The van der Waals surface area contributed by atoms with Crippen LogP contribution in [0.5, 0.6) is 5.75 Å². The minimum absolute atomic E-state index is 0.0193. The van der Waals surface area contributed by atoms with Crippen molar-refractivity contribution in [3.05, 3.63) is 24.3 Å². The van der Waals surface area contributed by atoms with Crippen molar-refractivity contribution in [2.45, 2.75) is 51.1 Å². The molecule has 1 saturated carbocycles. The molecule has 6 heteroatoms. The van der Waals surface area contributed by atoms with E-state index in [4.69, 9.17) is 4.74 Å². The molecule has 1 heterocycles. The van der Waals surface area contributed by atoms with Crippen LogP contribution >= 0.6 is 0 Å². The lowest BCUT2D eigenvalue weighted by molar-refractivity contribution is -0.138. The fourth-order valence-corrected chi connectivity index (χ4v) is 3.41. The molecule has 0 unspecified atom stereocenters. The van der Waals surface area contributed by atoms with Gasteiger partial charge < -0.3 is 20.3 Å². The average molecular weight is 359 g/mol. The van der Waals surface area contributed by atoms with Crippen LogP contribution in [-0.2, 0) is 9.59 Å². The number of hydrogen-bond donors (Lipinski definition) is 2. The summed E-state index contributed by atoms with van der Waals surface area (Å²) >= 11 is 0. The van der Waals surface area contributed by atoms with Crippen LogP contribution in [0.4, 0.5) is 5.69 Å². The fraction of sp³-hybridized carbons (Fsp3) is 0.600. The van der Waals surface area contributed by atoms with Crippen LogP contribution in [0.1, 0.15) is 39.5 Å². The first kappa shape index (κ1) is 18.5. The number of nitrogens with zero attached hydrogens (tertiary/aromatic N) is 1. The summed E-state index contributed by atoms with van der Waals surface area (Å²) in [7, 11) is 1.63. The molecule has 1 aromatic rings. The van der Waals surface area contributed by atoms with Gasteiger partial charge in [0.2, 0.25) is 11.8 Å². The van der Waals surface area contributed by atoms with Crippen molar-refractivity contribution in [1.82, 2.24) is 10.2 Å². The Labute approximate surface area is 155 Å². The standard InChI is InChI=1S/C20H29N3O3/c1-14(2)18(24)23-11-9-20(10-12-23,19(25)21-15-7-8-15)22-16-5-4-6-17(13-16)26-3/h4-6,13-15,22H,7-12H2,1-3H3,(H,21,25). The largest absolute Gasteiger partial charge is 0.497 e. The first-order valence-electron chi connectivity index (χ1n) is 9.45. The smallest absolute Gasteiger partial charge is 0.246 e. The van der Waals surface area contributed by atoms with Gasteiger partial charge in [-0.15, -0.1) is 0 Å². The van der Waals surface area contributed by atoms with E-state index in [2.05, 4.69) is 10.6 Å².